The van der Waals surface area contributed by atoms with Crippen LogP contribution in [0.4, 0.5) is 0 Å². The standard InChI is InChI=1S/C15H19N3O3S/c1-15(2,3)10-22(20,21)17-14(19)12-4-6-13(7-5-12)18-9-8-16-11-18/h4-9,11H,10H2,1-3H3,(H,17,19). The Morgan fingerprint density at radius 3 is 2.36 bits per heavy atom. The first-order chi connectivity index (χ1) is 10.2. The Hall–Kier alpha value is -2.15. The SMILES string of the molecule is CC(C)(C)CS(=O)(=O)NC(=O)c1ccc(-n2ccnc2)cc1. The number of aromatic nitrogens is 2. The zero-order chi connectivity index (χ0) is 16.4. The fourth-order valence-electron chi connectivity index (χ4n) is 2.00. The van der Waals surface area contributed by atoms with Gasteiger partial charge in [0.05, 0.1) is 12.1 Å². The lowest BCUT2D eigenvalue weighted by Gasteiger charge is -2.18. The van der Waals surface area contributed by atoms with Gasteiger partial charge >= 0.3 is 0 Å². The summed E-state index contributed by atoms with van der Waals surface area (Å²) in [6.45, 7) is 5.41. The first-order valence-corrected chi connectivity index (χ1v) is 8.45. The van der Waals surface area contributed by atoms with E-state index in [-0.39, 0.29) is 5.75 Å². The molecule has 1 heterocycles. The highest BCUT2D eigenvalue weighted by Crippen LogP contribution is 2.16. The van der Waals surface area contributed by atoms with Gasteiger partial charge in [-0.15, -0.1) is 0 Å². The third kappa shape index (κ3) is 4.42. The van der Waals surface area contributed by atoms with Crippen molar-refractivity contribution < 1.29 is 13.2 Å². The summed E-state index contributed by atoms with van der Waals surface area (Å²) in [4.78, 5) is 16.0. The van der Waals surface area contributed by atoms with E-state index in [9.17, 15) is 13.2 Å². The van der Waals surface area contributed by atoms with Gasteiger partial charge in [0.15, 0.2) is 0 Å². The molecule has 0 aliphatic rings. The lowest BCUT2D eigenvalue weighted by atomic mass is 10.0. The summed E-state index contributed by atoms with van der Waals surface area (Å²) in [5, 5.41) is 0. The number of nitrogens with one attached hydrogen (secondary N) is 1. The summed E-state index contributed by atoms with van der Waals surface area (Å²) in [5.41, 5.74) is 0.713. The molecule has 0 aliphatic carbocycles. The minimum Gasteiger partial charge on any atom is -0.306 e. The second-order valence-electron chi connectivity index (χ2n) is 6.27. The molecule has 1 N–H and O–H groups in total. The van der Waals surface area contributed by atoms with E-state index in [0.29, 0.717) is 5.56 Å². The molecule has 0 saturated carbocycles. The van der Waals surface area contributed by atoms with Gasteiger partial charge in [0.25, 0.3) is 5.91 Å². The largest absolute Gasteiger partial charge is 0.306 e. The molecule has 0 unspecified atom stereocenters. The van der Waals surface area contributed by atoms with Gasteiger partial charge in [-0.3, -0.25) is 4.79 Å². The molecule has 118 valence electrons. The number of amides is 1. The topological polar surface area (TPSA) is 81.1 Å². The molecular formula is C15H19N3O3S. The highest BCUT2D eigenvalue weighted by molar-refractivity contribution is 7.90. The molecule has 0 radical (unpaired) electrons. The number of carbonyl (C=O) groups is 1. The van der Waals surface area contributed by atoms with Gasteiger partial charge < -0.3 is 4.57 Å². The average molecular weight is 321 g/mol. The normalized spacial score (nSPS) is 12.1. The van der Waals surface area contributed by atoms with E-state index in [0.717, 1.165) is 5.69 Å². The van der Waals surface area contributed by atoms with Crippen molar-refractivity contribution in [3.63, 3.8) is 0 Å². The lowest BCUT2D eigenvalue weighted by Crippen LogP contribution is -2.36. The Morgan fingerprint density at radius 2 is 1.86 bits per heavy atom. The smallest absolute Gasteiger partial charge is 0.264 e. The predicted molar refractivity (Wildman–Crippen MR) is 84.3 cm³/mol. The van der Waals surface area contributed by atoms with E-state index < -0.39 is 21.3 Å². The predicted octanol–water partition coefficient (Wildman–Crippen LogP) is 1.98. The number of rotatable bonds is 4. The van der Waals surface area contributed by atoms with Crippen molar-refractivity contribution in [3.05, 3.63) is 48.5 Å². The van der Waals surface area contributed by atoms with E-state index in [1.54, 1.807) is 68.3 Å². The number of imidazole rings is 1. The van der Waals surface area contributed by atoms with Crippen molar-refractivity contribution in [2.24, 2.45) is 5.41 Å². The maximum atomic E-state index is 12.0. The van der Waals surface area contributed by atoms with Crippen LogP contribution in [-0.2, 0) is 10.0 Å². The third-order valence-electron chi connectivity index (χ3n) is 2.80. The Bertz CT molecular complexity index is 742. The van der Waals surface area contributed by atoms with Gasteiger partial charge in [0.2, 0.25) is 10.0 Å². The number of hydrogen-bond donors (Lipinski definition) is 1. The molecule has 0 spiro atoms. The number of nitrogens with zero attached hydrogens (tertiary/aromatic N) is 2. The molecule has 0 saturated heterocycles. The van der Waals surface area contributed by atoms with Gasteiger partial charge in [-0.1, -0.05) is 20.8 Å². The molecule has 7 heteroatoms. The zero-order valence-corrected chi connectivity index (χ0v) is 13.6. The Morgan fingerprint density at radius 1 is 1.23 bits per heavy atom. The van der Waals surface area contributed by atoms with Crippen LogP contribution in [0.5, 0.6) is 0 Å². The summed E-state index contributed by atoms with van der Waals surface area (Å²) in [6, 6.07) is 6.62. The molecular weight excluding hydrogens is 302 g/mol. The van der Waals surface area contributed by atoms with Crippen LogP contribution < -0.4 is 4.72 Å². The Labute approximate surface area is 130 Å². The maximum absolute atomic E-state index is 12.0. The molecule has 1 amide bonds. The quantitative estimate of drug-likeness (QED) is 0.933. The Kier molecular flexibility index (Phi) is 4.37. The molecule has 0 aliphatic heterocycles. The highest BCUT2D eigenvalue weighted by Gasteiger charge is 2.23. The summed E-state index contributed by atoms with van der Waals surface area (Å²) >= 11 is 0. The molecule has 1 aromatic heterocycles. The van der Waals surface area contributed by atoms with Crippen LogP contribution in [0.1, 0.15) is 31.1 Å². The Balaban J connectivity index is 2.10. The summed E-state index contributed by atoms with van der Waals surface area (Å²) < 4.78 is 27.8. The van der Waals surface area contributed by atoms with Gasteiger partial charge in [-0.05, 0) is 29.7 Å². The van der Waals surface area contributed by atoms with Crippen LogP contribution in [0.25, 0.3) is 5.69 Å². The number of hydrogen-bond acceptors (Lipinski definition) is 4. The van der Waals surface area contributed by atoms with Gasteiger partial charge in [-0.2, -0.15) is 0 Å². The molecule has 1 aromatic carbocycles. The van der Waals surface area contributed by atoms with Crippen LogP contribution in [0.2, 0.25) is 0 Å². The summed E-state index contributed by atoms with van der Waals surface area (Å²) in [7, 11) is -3.65. The van der Waals surface area contributed by atoms with Crippen LogP contribution in [0.3, 0.4) is 0 Å². The van der Waals surface area contributed by atoms with E-state index in [1.807, 2.05) is 0 Å². The number of sulfonamides is 1. The van der Waals surface area contributed by atoms with Crippen LogP contribution in [0.15, 0.2) is 43.0 Å². The molecule has 0 bridgehead atoms. The summed E-state index contributed by atoms with van der Waals surface area (Å²) in [6.07, 6.45) is 5.07. The van der Waals surface area contributed by atoms with E-state index in [4.69, 9.17) is 0 Å². The monoisotopic (exact) mass is 321 g/mol. The molecule has 2 rings (SSSR count). The van der Waals surface area contributed by atoms with Crippen LogP contribution >= 0.6 is 0 Å². The zero-order valence-electron chi connectivity index (χ0n) is 12.8. The second kappa shape index (κ2) is 5.92. The van der Waals surface area contributed by atoms with Crippen molar-refractivity contribution in [2.45, 2.75) is 20.8 Å². The first-order valence-electron chi connectivity index (χ1n) is 6.79. The molecule has 22 heavy (non-hydrogen) atoms. The van der Waals surface area contributed by atoms with Crippen LogP contribution in [0, 0.1) is 5.41 Å². The second-order valence-corrected chi connectivity index (χ2v) is 7.99. The van der Waals surface area contributed by atoms with Crippen molar-refractivity contribution in [1.29, 1.82) is 0 Å². The fourth-order valence-corrected chi connectivity index (χ4v) is 3.62. The van der Waals surface area contributed by atoms with Crippen molar-refractivity contribution >= 4 is 15.9 Å². The van der Waals surface area contributed by atoms with Gasteiger partial charge in [-0.25, -0.2) is 18.1 Å². The van der Waals surface area contributed by atoms with E-state index >= 15 is 0 Å². The van der Waals surface area contributed by atoms with E-state index in [2.05, 4.69) is 9.71 Å². The first kappa shape index (κ1) is 16.2. The maximum Gasteiger partial charge on any atom is 0.264 e. The fraction of sp³-hybridized carbons (Fsp3) is 0.333. The molecule has 2 aromatic rings. The average Bonchev–Trinajstić information content (AvgIpc) is 2.89. The minimum absolute atomic E-state index is 0.112. The van der Waals surface area contributed by atoms with Crippen molar-refractivity contribution in [2.75, 3.05) is 5.75 Å². The van der Waals surface area contributed by atoms with E-state index in [1.165, 1.54) is 0 Å². The number of carbonyl (C=O) groups excluding carboxylic acids is 1. The number of benzene rings is 1. The molecule has 6 nitrogen and oxygen atoms in total. The van der Waals surface area contributed by atoms with Crippen LogP contribution in [-0.4, -0.2) is 29.6 Å². The molecule has 0 fully saturated rings. The highest BCUT2D eigenvalue weighted by atomic mass is 32.2. The van der Waals surface area contributed by atoms with Crippen molar-refractivity contribution in [1.82, 2.24) is 14.3 Å². The summed E-state index contributed by atoms with van der Waals surface area (Å²) in [5.74, 6) is -0.736. The van der Waals surface area contributed by atoms with Gasteiger partial charge in [0.1, 0.15) is 0 Å². The minimum atomic E-state index is -3.65. The van der Waals surface area contributed by atoms with Crippen molar-refractivity contribution in [3.8, 4) is 5.69 Å². The molecule has 0 atom stereocenters. The third-order valence-corrected chi connectivity index (χ3v) is 4.55. The van der Waals surface area contributed by atoms with Gasteiger partial charge in [0, 0.05) is 23.6 Å². The lowest BCUT2D eigenvalue weighted by molar-refractivity contribution is 0.0981.